The fraction of sp³-hybridized carbons (Fsp3) is 0.500. The van der Waals surface area contributed by atoms with Gasteiger partial charge in [-0.05, 0) is 48.3 Å². The molecular formula is C12H15BrFNO. The highest BCUT2D eigenvalue weighted by Gasteiger charge is 2.34. The summed E-state index contributed by atoms with van der Waals surface area (Å²) in [6.45, 7) is 3.06. The SMILES string of the molecule is COc1c(C2(C)CCCN2)ccc(Br)c1F. The van der Waals surface area contributed by atoms with Gasteiger partial charge in [-0.25, -0.2) is 4.39 Å². The van der Waals surface area contributed by atoms with E-state index in [-0.39, 0.29) is 11.4 Å². The highest BCUT2D eigenvalue weighted by Crippen LogP contribution is 2.39. The van der Waals surface area contributed by atoms with Crippen LogP contribution in [0.4, 0.5) is 4.39 Å². The second-order valence-corrected chi connectivity index (χ2v) is 5.16. The molecule has 1 fully saturated rings. The van der Waals surface area contributed by atoms with Crippen molar-refractivity contribution in [2.45, 2.75) is 25.3 Å². The number of halogens is 2. The van der Waals surface area contributed by atoms with Crippen molar-refractivity contribution in [2.24, 2.45) is 0 Å². The Labute approximate surface area is 103 Å². The Morgan fingerprint density at radius 1 is 1.50 bits per heavy atom. The van der Waals surface area contributed by atoms with Gasteiger partial charge in [-0.3, -0.25) is 0 Å². The summed E-state index contributed by atoms with van der Waals surface area (Å²) in [7, 11) is 1.51. The van der Waals surface area contributed by atoms with Crippen molar-refractivity contribution in [3.05, 3.63) is 28.0 Å². The lowest BCUT2D eigenvalue weighted by molar-refractivity contribution is 0.350. The van der Waals surface area contributed by atoms with E-state index in [1.807, 2.05) is 6.07 Å². The van der Waals surface area contributed by atoms with Crippen LogP contribution >= 0.6 is 15.9 Å². The van der Waals surface area contributed by atoms with Crippen molar-refractivity contribution in [2.75, 3.05) is 13.7 Å². The van der Waals surface area contributed by atoms with Crippen LogP contribution in [0, 0.1) is 5.82 Å². The molecule has 1 heterocycles. The van der Waals surface area contributed by atoms with Crippen LogP contribution in [0.3, 0.4) is 0 Å². The van der Waals surface area contributed by atoms with Crippen LogP contribution in [0.5, 0.6) is 5.75 Å². The van der Waals surface area contributed by atoms with Gasteiger partial charge >= 0.3 is 0 Å². The van der Waals surface area contributed by atoms with Crippen molar-refractivity contribution in [1.29, 1.82) is 0 Å². The molecule has 16 heavy (non-hydrogen) atoms. The van der Waals surface area contributed by atoms with Crippen LogP contribution in [-0.2, 0) is 5.54 Å². The zero-order chi connectivity index (χ0) is 11.8. The van der Waals surface area contributed by atoms with Gasteiger partial charge in [0.15, 0.2) is 11.6 Å². The van der Waals surface area contributed by atoms with Gasteiger partial charge in [-0.2, -0.15) is 0 Å². The van der Waals surface area contributed by atoms with Crippen molar-refractivity contribution in [3.8, 4) is 5.75 Å². The van der Waals surface area contributed by atoms with Gasteiger partial charge in [0.2, 0.25) is 0 Å². The van der Waals surface area contributed by atoms with E-state index in [4.69, 9.17) is 4.74 Å². The van der Waals surface area contributed by atoms with Crippen LogP contribution in [0.2, 0.25) is 0 Å². The number of nitrogens with one attached hydrogen (secondary N) is 1. The molecule has 0 amide bonds. The maximum absolute atomic E-state index is 13.9. The first-order chi connectivity index (χ1) is 7.58. The Morgan fingerprint density at radius 3 is 2.81 bits per heavy atom. The number of hydrogen-bond donors (Lipinski definition) is 1. The van der Waals surface area contributed by atoms with Crippen molar-refractivity contribution >= 4 is 15.9 Å². The molecule has 1 aromatic rings. The summed E-state index contributed by atoms with van der Waals surface area (Å²) in [5.74, 6) is 0.0150. The Kier molecular flexibility index (Phi) is 3.22. The molecule has 4 heteroatoms. The zero-order valence-electron chi connectivity index (χ0n) is 9.44. The van der Waals surface area contributed by atoms with Crippen molar-refractivity contribution < 1.29 is 9.13 Å². The Balaban J connectivity index is 2.52. The number of ether oxygens (including phenoxy) is 1. The molecule has 1 unspecified atom stereocenters. The first kappa shape index (κ1) is 11.9. The third kappa shape index (κ3) is 1.84. The lowest BCUT2D eigenvalue weighted by atomic mass is 9.89. The summed E-state index contributed by atoms with van der Waals surface area (Å²) in [6, 6.07) is 3.66. The number of methoxy groups -OCH3 is 1. The molecule has 2 rings (SSSR count). The van der Waals surface area contributed by atoms with E-state index in [1.54, 1.807) is 6.07 Å². The molecule has 1 aliphatic rings. The summed E-state index contributed by atoms with van der Waals surface area (Å²) in [6.07, 6.45) is 2.11. The quantitative estimate of drug-likeness (QED) is 0.902. The van der Waals surface area contributed by atoms with Gasteiger partial charge in [0, 0.05) is 11.1 Å². The first-order valence-corrected chi connectivity index (χ1v) is 6.15. The molecule has 2 nitrogen and oxygen atoms in total. The second-order valence-electron chi connectivity index (χ2n) is 4.30. The summed E-state index contributed by atoms with van der Waals surface area (Å²) >= 11 is 3.17. The average molecular weight is 288 g/mol. The lowest BCUT2D eigenvalue weighted by Crippen LogP contribution is -2.33. The predicted octanol–water partition coefficient (Wildman–Crippen LogP) is 3.20. The lowest BCUT2D eigenvalue weighted by Gasteiger charge is -2.27. The molecule has 1 aliphatic heterocycles. The highest BCUT2D eigenvalue weighted by molar-refractivity contribution is 9.10. The number of hydrogen-bond acceptors (Lipinski definition) is 2. The monoisotopic (exact) mass is 287 g/mol. The number of benzene rings is 1. The largest absolute Gasteiger partial charge is 0.493 e. The Morgan fingerprint density at radius 2 is 2.25 bits per heavy atom. The minimum Gasteiger partial charge on any atom is -0.493 e. The summed E-state index contributed by atoms with van der Waals surface area (Å²) in [4.78, 5) is 0. The molecule has 0 aromatic heterocycles. The summed E-state index contributed by atoms with van der Waals surface area (Å²) < 4.78 is 19.5. The molecule has 0 bridgehead atoms. The van der Waals surface area contributed by atoms with Gasteiger partial charge in [0.05, 0.1) is 11.6 Å². The molecule has 0 saturated carbocycles. The van der Waals surface area contributed by atoms with Crippen LogP contribution in [0.25, 0.3) is 0 Å². The topological polar surface area (TPSA) is 21.3 Å². The van der Waals surface area contributed by atoms with E-state index in [2.05, 4.69) is 28.2 Å². The molecule has 1 N–H and O–H groups in total. The molecule has 1 saturated heterocycles. The zero-order valence-corrected chi connectivity index (χ0v) is 11.0. The van der Waals surface area contributed by atoms with Gasteiger partial charge in [-0.15, -0.1) is 0 Å². The number of rotatable bonds is 2. The molecule has 88 valence electrons. The van der Waals surface area contributed by atoms with Crippen LogP contribution in [0.15, 0.2) is 16.6 Å². The Bertz CT molecular complexity index is 402. The normalized spacial score (nSPS) is 24.8. The van der Waals surface area contributed by atoms with E-state index < -0.39 is 0 Å². The summed E-state index contributed by atoms with van der Waals surface area (Å²) in [5.41, 5.74) is 0.723. The van der Waals surface area contributed by atoms with E-state index in [0.717, 1.165) is 24.9 Å². The van der Waals surface area contributed by atoms with E-state index >= 15 is 0 Å². The van der Waals surface area contributed by atoms with Crippen molar-refractivity contribution in [3.63, 3.8) is 0 Å². The average Bonchev–Trinajstić information content (AvgIpc) is 2.70. The molecule has 0 aliphatic carbocycles. The van der Waals surface area contributed by atoms with E-state index in [9.17, 15) is 4.39 Å². The molecule has 1 atom stereocenters. The van der Waals surface area contributed by atoms with Gasteiger partial charge in [0.1, 0.15) is 0 Å². The predicted molar refractivity (Wildman–Crippen MR) is 65.2 cm³/mol. The third-order valence-corrected chi connectivity index (χ3v) is 3.83. The molecule has 1 aromatic carbocycles. The van der Waals surface area contributed by atoms with Gasteiger partial charge in [0.25, 0.3) is 0 Å². The fourth-order valence-corrected chi connectivity index (χ4v) is 2.60. The maximum Gasteiger partial charge on any atom is 0.179 e. The summed E-state index contributed by atoms with van der Waals surface area (Å²) in [5, 5.41) is 3.41. The maximum atomic E-state index is 13.9. The minimum atomic E-state index is -0.324. The van der Waals surface area contributed by atoms with E-state index in [0.29, 0.717) is 10.2 Å². The Hall–Kier alpha value is -0.610. The minimum absolute atomic E-state index is 0.174. The van der Waals surface area contributed by atoms with E-state index in [1.165, 1.54) is 7.11 Å². The highest BCUT2D eigenvalue weighted by atomic mass is 79.9. The third-order valence-electron chi connectivity index (χ3n) is 3.22. The molecule has 0 radical (unpaired) electrons. The standard InChI is InChI=1S/C12H15BrFNO/c1-12(6-3-7-15-12)8-4-5-9(13)10(14)11(8)16-2/h4-5,15H,3,6-7H2,1-2H3. The van der Waals surface area contributed by atoms with Crippen LogP contribution in [0.1, 0.15) is 25.3 Å². The fourth-order valence-electron chi connectivity index (χ4n) is 2.29. The van der Waals surface area contributed by atoms with Crippen LogP contribution in [-0.4, -0.2) is 13.7 Å². The molecule has 0 spiro atoms. The van der Waals surface area contributed by atoms with Crippen LogP contribution < -0.4 is 10.1 Å². The van der Waals surface area contributed by atoms with Crippen molar-refractivity contribution in [1.82, 2.24) is 5.32 Å². The van der Waals surface area contributed by atoms with Gasteiger partial charge < -0.3 is 10.1 Å². The molecular weight excluding hydrogens is 273 g/mol. The second kappa shape index (κ2) is 4.34. The smallest absolute Gasteiger partial charge is 0.179 e. The first-order valence-electron chi connectivity index (χ1n) is 5.36. The van der Waals surface area contributed by atoms with Gasteiger partial charge in [-0.1, -0.05) is 6.07 Å².